The Kier molecular flexibility index (Phi) is 5.58. The van der Waals surface area contributed by atoms with Crippen molar-refractivity contribution in [2.75, 3.05) is 19.9 Å². The van der Waals surface area contributed by atoms with Crippen molar-refractivity contribution in [2.24, 2.45) is 0 Å². The van der Waals surface area contributed by atoms with Crippen molar-refractivity contribution in [3.8, 4) is 5.75 Å². The van der Waals surface area contributed by atoms with Gasteiger partial charge in [0.1, 0.15) is 5.75 Å². The fraction of sp³-hybridized carbons (Fsp3) is 0.500. The summed E-state index contributed by atoms with van der Waals surface area (Å²) in [7, 11) is 3.71. The lowest BCUT2D eigenvalue weighted by molar-refractivity contribution is 0.414. The molecule has 1 aromatic carbocycles. The third-order valence-electron chi connectivity index (χ3n) is 2.41. The molecule has 0 radical (unpaired) electrons. The fourth-order valence-electron chi connectivity index (χ4n) is 1.27. The molecule has 0 aromatic heterocycles. The number of hydrogen-bond donors (Lipinski definition) is 1. The zero-order chi connectivity index (χ0) is 11.1. The Hall–Kier alpha value is -0.670. The molecular formula is C12H19NOS. The number of benzene rings is 1. The zero-order valence-corrected chi connectivity index (χ0v) is 10.4. The number of methoxy groups -OCH3 is 1. The molecular weight excluding hydrogens is 206 g/mol. The maximum absolute atomic E-state index is 5.12. The van der Waals surface area contributed by atoms with Crippen molar-refractivity contribution >= 4 is 11.8 Å². The van der Waals surface area contributed by atoms with E-state index in [0.29, 0.717) is 6.04 Å². The van der Waals surface area contributed by atoms with Crippen molar-refractivity contribution in [3.05, 3.63) is 24.3 Å². The molecule has 0 spiro atoms. The van der Waals surface area contributed by atoms with Gasteiger partial charge in [0.05, 0.1) is 7.11 Å². The molecule has 84 valence electrons. The number of thioether (sulfide) groups is 1. The highest BCUT2D eigenvalue weighted by Gasteiger charge is 2.03. The van der Waals surface area contributed by atoms with Crippen molar-refractivity contribution in [2.45, 2.75) is 24.3 Å². The summed E-state index contributed by atoms with van der Waals surface area (Å²) in [4.78, 5) is 1.30. The number of rotatable bonds is 6. The minimum atomic E-state index is 0.595. The SMILES string of the molecule is CCC(CSc1ccc(OC)cc1)NC. The summed E-state index contributed by atoms with van der Waals surface area (Å²) < 4.78 is 5.12. The molecule has 0 bridgehead atoms. The standard InChI is InChI=1S/C12H19NOS/c1-4-10(13-2)9-15-12-7-5-11(14-3)6-8-12/h5-8,10,13H,4,9H2,1-3H3. The number of nitrogens with one attached hydrogen (secondary N) is 1. The van der Waals surface area contributed by atoms with Crippen molar-refractivity contribution in [1.29, 1.82) is 0 Å². The molecule has 1 N–H and O–H groups in total. The zero-order valence-electron chi connectivity index (χ0n) is 9.62. The summed E-state index contributed by atoms with van der Waals surface area (Å²) in [6.07, 6.45) is 1.17. The van der Waals surface area contributed by atoms with Crippen LogP contribution in [0.5, 0.6) is 5.75 Å². The van der Waals surface area contributed by atoms with Gasteiger partial charge in [-0.05, 0) is 37.7 Å². The van der Waals surface area contributed by atoms with Crippen LogP contribution in [0.3, 0.4) is 0 Å². The molecule has 0 heterocycles. The molecule has 0 fully saturated rings. The first-order valence-corrected chi connectivity index (χ1v) is 6.22. The molecule has 2 nitrogen and oxygen atoms in total. The Morgan fingerprint density at radius 2 is 2.00 bits per heavy atom. The Bertz CT molecular complexity index is 269. The smallest absolute Gasteiger partial charge is 0.118 e. The third-order valence-corrected chi connectivity index (χ3v) is 3.59. The summed E-state index contributed by atoms with van der Waals surface area (Å²) in [5.41, 5.74) is 0. The Balaban J connectivity index is 2.43. The highest BCUT2D eigenvalue weighted by atomic mass is 32.2. The minimum Gasteiger partial charge on any atom is -0.497 e. The summed E-state index contributed by atoms with van der Waals surface area (Å²) in [6, 6.07) is 8.81. The normalized spacial score (nSPS) is 12.5. The van der Waals surface area contributed by atoms with E-state index in [2.05, 4.69) is 24.4 Å². The van der Waals surface area contributed by atoms with Crippen LogP contribution < -0.4 is 10.1 Å². The quantitative estimate of drug-likeness (QED) is 0.752. The van der Waals surface area contributed by atoms with Crippen LogP contribution in [0.4, 0.5) is 0 Å². The van der Waals surface area contributed by atoms with Gasteiger partial charge in [0, 0.05) is 16.7 Å². The largest absolute Gasteiger partial charge is 0.497 e. The van der Waals surface area contributed by atoms with Crippen LogP contribution in [0.1, 0.15) is 13.3 Å². The molecule has 0 aliphatic carbocycles. The van der Waals surface area contributed by atoms with Gasteiger partial charge >= 0.3 is 0 Å². The van der Waals surface area contributed by atoms with Crippen LogP contribution in [0.15, 0.2) is 29.2 Å². The number of hydrogen-bond acceptors (Lipinski definition) is 3. The second-order valence-corrected chi connectivity index (χ2v) is 4.47. The number of ether oxygens (including phenoxy) is 1. The lowest BCUT2D eigenvalue weighted by atomic mass is 10.3. The van der Waals surface area contributed by atoms with Crippen LogP contribution in [0, 0.1) is 0 Å². The second-order valence-electron chi connectivity index (χ2n) is 3.38. The van der Waals surface area contributed by atoms with Crippen molar-refractivity contribution in [3.63, 3.8) is 0 Å². The van der Waals surface area contributed by atoms with Gasteiger partial charge in [-0.3, -0.25) is 0 Å². The van der Waals surface area contributed by atoms with E-state index in [4.69, 9.17) is 4.74 Å². The van der Waals surface area contributed by atoms with E-state index >= 15 is 0 Å². The molecule has 0 aliphatic heterocycles. The average molecular weight is 225 g/mol. The van der Waals surface area contributed by atoms with Crippen LogP contribution in [-0.4, -0.2) is 26.0 Å². The Morgan fingerprint density at radius 1 is 1.33 bits per heavy atom. The summed E-state index contributed by atoms with van der Waals surface area (Å²) >= 11 is 1.88. The van der Waals surface area contributed by atoms with Gasteiger partial charge in [-0.2, -0.15) is 0 Å². The van der Waals surface area contributed by atoms with Crippen LogP contribution in [-0.2, 0) is 0 Å². The lowest BCUT2D eigenvalue weighted by Crippen LogP contribution is -2.26. The first-order valence-electron chi connectivity index (χ1n) is 5.24. The first kappa shape index (κ1) is 12.4. The molecule has 1 unspecified atom stereocenters. The van der Waals surface area contributed by atoms with Crippen LogP contribution >= 0.6 is 11.8 Å². The van der Waals surface area contributed by atoms with Gasteiger partial charge < -0.3 is 10.1 Å². The van der Waals surface area contributed by atoms with Crippen molar-refractivity contribution < 1.29 is 4.74 Å². The van der Waals surface area contributed by atoms with Crippen LogP contribution in [0.25, 0.3) is 0 Å². The van der Waals surface area contributed by atoms with E-state index in [1.807, 2.05) is 30.9 Å². The summed E-state index contributed by atoms with van der Waals surface area (Å²) in [6.45, 7) is 2.20. The van der Waals surface area contributed by atoms with Gasteiger partial charge in [-0.15, -0.1) is 11.8 Å². The molecule has 1 atom stereocenters. The van der Waals surface area contributed by atoms with E-state index in [1.165, 1.54) is 11.3 Å². The molecule has 0 saturated carbocycles. The maximum Gasteiger partial charge on any atom is 0.118 e. The van der Waals surface area contributed by atoms with E-state index in [-0.39, 0.29) is 0 Å². The predicted molar refractivity (Wildman–Crippen MR) is 66.9 cm³/mol. The minimum absolute atomic E-state index is 0.595. The van der Waals surface area contributed by atoms with Gasteiger partial charge in [0.25, 0.3) is 0 Å². The molecule has 0 amide bonds. The van der Waals surface area contributed by atoms with Crippen LogP contribution in [0.2, 0.25) is 0 Å². The van der Waals surface area contributed by atoms with Gasteiger partial charge in [-0.25, -0.2) is 0 Å². The van der Waals surface area contributed by atoms with E-state index < -0.39 is 0 Å². The summed E-state index contributed by atoms with van der Waals surface area (Å²) in [5, 5.41) is 3.30. The Morgan fingerprint density at radius 3 is 2.47 bits per heavy atom. The molecule has 15 heavy (non-hydrogen) atoms. The van der Waals surface area contributed by atoms with Gasteiger partial charge in [0.15, 0.2) is 0 Å². The second kappa shape index (κ2) is 6.75. The average Bonchev–Trinajstić information content (AvgIpc) is 2.31. The molecule has 0 saturated heterocycles. The third kappa shape index (κ3) is 4.14. The monoisotopic (exact) mass is 225 g/mol. The highest BCUT2D eigenvalue weighted by Crippen LogP contribution is 2.22. The molecule has 0 aliphatic rings. The van der Waals surface area contributed by atoms with Gasteiger partial charge in [0.2, 0.25) is 0 Å². The first-order chi connectivity index (χ1) is 7.30. The summed E-state index contributed by atoms with van der Waals surface area (Å²) in [5.74, 6) is 2.03. The van der Waals surface area contributed by atoms with E-state index in [1.54, 1.807) is 7.11 Å². The van der Waals surface area contributed by atoms with Crippen molar-refractivity contribution in [1.82, 2.24) is 5.32 Å². The lowest BCUT2D eigenvalue weighted by Gasteiger charge is -2.12. The fourth-order valence-corrected chi connectivity index (χ4v) is 2.40. The molecule has 3 heteroatoms. The topological polar surface area (TPSA) is 21.3 Å². The van der Waals surface area contributed by atoms with E-state index in [9.17, 15) is 0 Å². The maximum atomic E-state index is 5.12. The van der Waals surface area contributed by atoms with Gasteiger partial charge in [-0.1, -0.05) is 6.92 Å². The predicted octanol–water partition coefficient (Wildman–Crippen LogP) is 2.79. The van der Waals surface area contributed by atoms with E-state index in [0.717, 1.165) is 11.5 Å². The Labute approximate surface area is 96.4 Å². The molecule has 1 rings (SSSR count). The highest BCUT2D eigenvalue weighted by molar-refractivity contribution is 7.99. The molecule has 1 aromatic rings.